The van der Waals surface area contributed by atoms with Gasteiger partial charge in [0.2, 0.25) is 0 Å². The van der Waals surface area contributed by atoms with Gasteiger partial charge in [0.1, 0.15) is 0 Å². The summed E-state index contributed by atoms with van der Waals surface area (Å²) in [6.07, 6.45) is 1.74. The van der Waals surface area contributed by atoms with Crippen molar-refractivity contribution in [2.45, 2.75) is 46.2 Å². The van der Waals surface area contributed by atoms with E-state index in [-0.39, 0.29) is 6.61 Å². The van der Waals surface area contributed by atoms with Gasteiger partial charge in [-0.15, -0.1) is 0 Å². The molecule has 1 atom stereocenters. The number of benzene rings is 1. The summed E-state index contributed by atoms with van der Waals surface area (Å²) in [5, 5.41) is 8.80. The molecule has 2 nitrogen and oxygen atoms in total. The first-order valence-corrected chi connectivity index (χ1v) is 7.42. The van der Waals surface area contributed by atoms with Gasteiger partial charge in [-0.3, -0.25) is 4.90 Å². The van der Waals surface area contributed by atoms with E-state index in [0.29, 0.717) is 18.4 Å². The fraction of sp³-hybridized carbons (Fsp3) is 0.556. The third-order valence-corrected chi connectivity index (χ3v) is 3.46. The highest BCUT2D eigenvalue weighted by Crippen LogP contribution is 2.15. The van der Waals surface area contributed by atoms with Gasteiger partial charge in [0.15, 0.2) is 0 Å². The second-order valence-corrected chi connectivity index (χ2v) is 5.83. The van der Waals surface area contributed by atoms with Crippen LogP contribution in [-0.2, 0) is 6.54 Å². The highest BCUT2D eigenvalue weighted by atomic mass is 16.2. The zero-order chi connectivity index (χ0) is 15.0. The Kier molecular flexibility index (Phi) is 7.36. The van der Waals surface area contributed by atoms with Crippen LogP contribution in [0.2, 0.25) is 0 Å². The summed E-state index contributed by atoms with van der Waals surface area (Å²) in [6, 6.07) is 8.84. The minimum Gasteiger partial charge on any atom is -0.395 e. The van der Waals surface area contributed by atoms with Crippen LogP contribution in [0, 0.1) is 17.8 Å². The minimum atomic E-state index is 0.125. The fourth-order valence-electron chi connectivity index (χ4n) is 2.28. The Balaban J connectivity index is 2.74. The molecule has 0 heterocycles. The molecule has 0 amide bonds. The van der Waals surface area contributed by atoms with Gasteiger partial charge in [-0.1, -0.05) is 43.9 Å². The first-order chi connectivity index (χ1) is 9.54. The van der Waals surface area contributed by atoms with Crippen LogP contribution in [-0.4, -0.2) is 29.7 Å². The predicted molar refractivity (Wildman–Crippen MR) is 85.4 cm³/mol. The average molecular weight is 273 g/mol. The normalized spacial score (nSPS) is 12.3. The van der Waals surface area contributed by atoms with E-state index in [0.717, 1.165) is 12.1 Å². The first-order valence-electron chi connectivity index (χ1n) is 7.42. The van der Waals surface area contributed by atoms with Crippen molar-refractivity contribution in [2.24, 2.45) is 5.92 Å². The van der Waals surface area contributed by atoms with Crippen LogP contribution in [0.5, 0.6) is 0 Å². The van der Waals surface area contributed by atoms with E-state index in [9.17, 15) is 0 Å². The van der Waals surface area contributed by atoms with E-state index >= 15 is 0 Å². The Morgan fingerprint density at radius 3 is 2.55 bits per heavy atom. The van der Waals surface area contributed by atoms with E-state index in [1.54, 1.807) is 0 Å². The first kappa shape index (κ1) is 16.8. The van der Waals surface area contributed by atoms with Crippen LogP contribution < -0.4 is 0 Å². The maximum absolute atomic E-state index is 8.80. The molecule has 1 aromatic rings. The number of rotatable bonds is 6. The molecule has 1 rings (SSSR count). The SMILES string of the molecule is CC(C)CC(C)N(C)Cc1ccccc1C#CCCO. The predicted octanol–water partition coefficient (Wildman–Crippen LogP) is 3.29. The molecule has 110 valence electrons. The third kappa shape index (κ3) is 5.77. The van der Waals surface area contributed by atoms with Crippen molar-refractivity contribution in [2.75, 3.05) is 13.7 Å². The molecule has 1 aromatic carbocycles. The van der Waals surface area contributed by atoms with Gasteiger partial charge in [-0.25, -0.2) is 0 Å². The molecule has 0 aliphatic rings. The van der Waals surface area contributed by atoms with Gasteiger partial charge >= 0.3 is 0 Å². The van der Waals surface area contributed by atoms with Crippen molar-refractivity contribution >= 4 is 0 Å². The second kappa shape index (κ2) is 8.79. The van der Waals surface area contributed by atoms with Gasteiger partial charge in [0.25, 0.3) is 0 Å². The van der Waals surface area contributed by atoms with Crippen LogP contribution in [0.1, 0.15) is 44.7 Å². The van der Waals surface area contributed by atoms with Crippen LogP contribution in [0.15, 0.2) is 24.3 Å². The molecule has 0 spiro atoms. The van der Waals surface area contributed by atoms with E-state index in [1.807, 2.05) is 6.07 Å². The lowest BCUT2D eigenvalue weighted by Gasteiger charge is -2.26. The maximum atomic E-state index is 8.80. The molecule has 0 radical (unpaired) electrons. The standard InChI is InChI=1S/C18H27NO/c1-15(2)13-16(3)19(4)14-18-11-6-5-9-17(18)10-7-8-12-20/h5-6,9,11,15-16,20H,8,12-14H2,1-4H3. The van der Waals surface area contributed by atoms with Crippen LogP contribution in [0.3, 0.4) is 0 Å². The smallest absolute Gasteiger partial charge is 0.0540 e. The Morgan fingerprint density at radius 2 is 1.90 bits per heavy atom. The fourth-order valence-corrected chi connectivity index (χ4v) is 2.28. The Bertz CT molecular complexity index is 456. The van der Waals surface area contributed by atoms with Gasteiger partial charge in [0.05, 0.1) is 6.61 Å². The van der Waals surface area contributed by atoms with Crippen LogP contribution in [0.25, 0.3) is 0 Å². The third-order valence-electron chi connectivity index (χ3n) is 3.46. The highest BCUT2D eigenvalue weighted by Gasteiger charge is 2.12. The van der Waals surface area contributed by atoms with Crippen molar-refractivity contribution in [1.29, 1.82) is 0 Å². The van der Waals surface area contributed by atoms with Gasteiger partial charge < -0.3 is 5.11 Å². The molecule has 0 saturated heterocycles. The minimum absolute atomic E-state index is 0.125. The molecule has 2 heteroatoms. The van der Waals surface area contributed by atoms with Crippen LogP contribution >= 0.6 is 0 Å². The molecule has 0 aliphatic carbocycles. The largest absolute Gasteiger partial charge is 0.395 e. The molecule has 0 aliphatic heterocycles. The molecule has 1 unspecified atom stereocenters. The molecule has 20 heavy (non-hydrogen) atoms. The quantitative estimate of drug-likeness (QED) is 0.804. The van der Waals surface area contributed by atoms with Crippen LogP contribution in [0.4, 0.5) is 0 Å². The summed E-state index contributed by atoms with van der Waals surface area (Å²) in [5.41, 5.74) is 2.33. The number of hydrogen-bond acceptors (Lipinski definition) is 2. The van der Waals surface area contributed by atoms with Crippen molar-refractivity contribution in [3.8, 4) is 11.8 Å². The summed E-state index contributed by atoms with van der Waals surface area (Å²) in [7, 11) is 2.17. The lowest BCUT2D eigenvalue weighted by molar-refractivity contribution is 0.220. The molecule has 0 saturated carbocycles. The molecule has 1 N–H and O–H groups in total. The van der Waals surface area contributed by atoms with Crippen molar-refractivity contribution < 1.29 is 5.11 Å². The van der Waals surface area contributed by atoms with E-state index in [2.05, 4.69) is 62.8 Å². The van der Waals surface area contributed by atoms with E-state index in [1.165, 1.54) is 12.0 Å². The summed E-state index contributed by atoms with van der Waals surface area (Å²) >= 11 is 0. The van der Waals surface area contributed by atoms with E-state index < -0.39 is 0 Å². The summed E-state index contributed by atoms with van der Waals surface area (Å²) in [4.78, 5) is 2.38. The Hall–Kier alpha value is -1.30. The molecule has 0 fully saturated rings. The highest BCUT2D eigenvalue weighted by molar-refractivity contribution is 5.41. The molecule has 0 aromatic heterocycles. The van der Waals surface area contributed by atoms with Crippen molar-refractivity contribution in [3.05, 3.63) is 35.4 Å². The lowest BCUT2D eigenvalue weighted by atomic mass is 10.0. The molecular weight excluding hydrogens is 246 g/mol. The Labute approximate surface area is 123 Å². The topological polar surface area (TPSA) is 23.5 Å². The maximum Gasteiger partial charge on any atom is 0.0540 e. The van der Waals surface area contributed by atoms with Crippen molar-refractivity contribution in [3.63, 3.8) is 0 Å². The number of hydrogen-bond donors (Lipinski definition) is 1. The average Bonchev–Trinajstić information content (AvgIpc) is 2.40. The van der Waals surface area contributed by atoms with Crippen molar-refractivity contribution in [1.82, 2.24) is 4.90 Å². The van der Waals surface area contributed by atoms with Gasteiger partial charge in [-0.2, -0.15) is 0 Å². The number of aliphatic hydroxyl groups excluding tert-OH is 1. The van der Waals surface area contributed by atoms with Gasteiger partial charge in [-0.05, 0) is 37.9 Å². The zero-order valence-electron chi connectivity index (χ0n) is 13.2. The lowest BCUT2D eigenvalue weighted by Crippen LogP contribution is -2.30. The summed E-state index contributed by atoms with van der Waals surface area (Å²) < 4.78 is 0. The Morgan fingerprint density at radius 1 is 1.20 bits per heavy atom. The monoisotopic (exact) mass is 273 g/mol. The molecule has 0 bridgehead atoms. The second-order valence-electron chi connectivity index (χ2n) is 5.83. The number of nitrogens with zero attached hydrogens (tertiary/aromatic N) is 1. The van der Waals surface area contributed by atoms with Gasteiger partial charge in [0, 0.05) is 24.6 Å². The molecular formula is C18H27NO. The zero-order valence-corrected chi connectivity index (χ0v) is 13.2. The van der Waals surface area contributed by atoms with E-state index in [4.69, 9.17) is 5.11 Å². The summed E-state index contributed by atoms with van der Waals surface area (Å²) in [5.74, 6) is 6.89. The summed E-state index contributed by atoms with van der Waals surface area (Å²) in [6.45, 7) is 7.84. The number of aliphatic hydroxyl groups is 1.